The van der Waals surface area contributed by atoms with Gasteiger partial charge < -0.3 is 15.4 Å². The molecule has 1 aliphatic rings. The molecule has 0 aliphatic heterocycles. The Balaban J connectivity index is 2.71. The van der Waals surface area contributed by atoms with Crippen molar-refractivity contribution in [1.29, 1.82) is 0 Å². The summed E-state index contributed by atoms with van der Waals surface area (Å²) in [6.07, 6.45) is 5.42. The minimum Gasteiger partial charge on any atom is -0.444 e. The van der Waals surface area contributed by atoms with E-state index in [0.29, 0.717) is 6.54 Å². The van der Waals surface area contributed by atoms with E-state index in [9.17, 15) is 9.59 Å². The fourth-order valence-corrected chi connectivity index (χ4v) is 2.74. The Morgan fingerprint density at radius 3 is 2.09 bits per heavy atom. The van der Waals surface area contributed by atoms with Crippen LogP contribution in [0, 0.1) is 5.41 Å². The first kappa shape index (κ1) is 19.8. The van der Waals surface area contributed by atoms with Crippen molar-refractivity contribution in [3.63, 3.8) is 0 Å². The summed E-state index contributed by atoms with van der Waals surface area (Å²) in [5.74, 6) is 0.0379. The van der Waals surface area contributed by atoms with E-state index < -0.39 is 11.7 Å². The third kappa shape index (κ3) is 6.40. The maximum Gasteiger partial charge on any atom is 0.408 e. The molecule has 0 heterocycles. The van der Waals surface area contributed by atoms with Gasteiger partial charge in [0.25, 0.3) is 0 Å². The monoisotopic (exact) mass is 326 g/mol. The fraction of sp³-hybridized carbons (Fsp3) is 0.889. The van der Waals surface area contributed by atoms with Crippen LogP contribution in [-0.2, 0) is 9.53 Å². The minimum atomic E-state index is -0.520. The van der Waals surface area contributed by atoms with Crippen LogP contribution in [0.15, 0.2) is 0 Å². The molecule has 0 spiro atoms. The van der Waals surface area contributed by atoms with Gasteiger partial charge in [0.15, 0.2) is 0 Å². The maximum atomic E-state index is 12.3. The number of amides is 2. The summed E-state index contributed by atoms with van der Waals surface area (Å²) in [6.45, 7) is 11.9. The van der Waals surface area contributed by atoms with Crippen LogP contribution < -0.4 is 10.6 Å². The standard InChI is InChI=1S/C18H34N2O3/c1-7-17(5,6)14(21)19-13-18(11-9-8-10-12-18)20-15(22)23-16(2,3)4/h7-13H2,1-6H3,(H,19,21)(H,20,22). The molecule has 5 heteroatoms. The summed E-state index contributed by atoms with van der Waals surface area (Å²) < 4.78 is 5.40. The highest BCUT2D eigenvalue weighted by atomic mass is 16.6. The zero-order valence-corrected chi connectivity index (χ0v) is 15.7. The van der Waals surface area contributed by atoms with Crippen molar-refractivity contribution in [2.24, 2.45) is 5.41 Å². The molecule has 0 aromatic carbocycles. The molecule has 2 N–H and O–H groups in total. The molecule has 0 atom stereocenters. The largest absolute Gasteiger partial charge is 0.444 e. The molecular weight excluding hydrogens is 292 g/mol. The smallest absolute Gasteiger partial charge is 0.408 e. The molecule has 0 unspecified atom stereocenters. The van der Waals surface area contributed by atoms with Gasteiger partial charge in [-0.25, -0.2) is 4.79 Å². The molecule has 0 aromatic rings. The molecule has 0 bridgehead atoms. The summed E-state index contributed by atoms with van der Waals surface area (Å²) >= 11 is 0. The Kier molecular flexibility index (Phi) is 6.49. The first-order chi connectivity index (χ1) is 10.5. The normalized spacial score (nSPS) is 18.2. The molecule has 1 saturated carbocycles. The Labute approximate surface area is 140 Å². The zero-order chi connectivity index (χ0) is 17.7. The number of hydrogen-bond donors (Lipinski definition) is 2. The van der Waals surface area contributed by atoms with E-state index in [1.165, 1.54) is 6.42 Å². The molecule has 0 saturated heterocycles. The summed E-state index contributed by atoms with van der Waals surface area (Å²) in [5.41, 5.74) is -1.30. The van der Waals surface area contributed by atoms with Crippen molar-refractivity contribution in [1.82, 2.24) is 10.6 Å². The summed E-state index contributed by atoms with van der Waals surface area (Å²) in [6, 6.07) is 0. The third-order valence-electron chi connectivity index (χ3n) is 4.66. The summed E-state index contributed by atoms with van der Waals surface area (Å²) in [7, 11) is 0. The second-order valence-electron chi connectivity index (χ2n) is 8.39. The van der Waals surface area contributed by atoms with Gasteiger partial charge in [-0.15, -0.1) is 0 Å². The number of rotatable bonds is 5. The lowest BCUT2D eigenvalue weighted by molar-refractivity contribution is -0.129. The zero-order valence-electron chi connectivity index (χ0n) is 15.7. The SMILES string of the molecule is CCC(C)(C)C(=O)NCC1(NC(=O)OC(C)(C)C)CCCCC1. The van der Waals surface area contributed by atoms with Crippen LogP contribution in [0.5, 0.6) is 0 Å². The van der Waals surface area contributed by atoms with E-state index in [-0.39, 0.29) is 16.9 Å². The quantitative estimate of drug-likeness (QED) is 0.808. The van der Waals surface area contributed by atoms with Gasteiger partial charge in [-0.1, -0.05) is 40.0 Å². The van der Waals surface area contributed by atoms with E-state index >= 15 is 0 Å². The van der Waals surface area contributed by atoms with E-state index in [0.717, 1.165) is 32.1 Å². The highest BCUT2D eigenvalue weighted by Gasteiger charge is 2.36. The van der Waals surface area contributed by atoms with Crippen LogP contribution in [-0.4, -0.2) is 29.7 Å². The van der Waals surface area contributed by atoms with Crippen LogP contribution in [0.3, 0.4) is 0 Å². The van der Waals surface area contributed by atoms with E-state index in [4.69, 9.17) is 4.74 Å². The predicted octanol–water partition coefficient (Wildman–Crippen LogP) is 3.77. The summed E-state index contributed by atoms with van der Waals surface area (Å²) in [5, 5.41) is 6.08. The lowest BCUT2D eigenvalue weighted by atomic mass is 9.81. The Morgan fingerprint density at radius 2 is 1.61 bits per heavy atom. The second kappa shape index (κ2) is 7.54. The molecule has 1 fully saturated rings. The van der Waals surface area contributed by atoms with Crippen molar-refractivity contribution < 1.29 is 14.3 Å². The molecule has 5 nitrogen and oxygen atoms in total. The Hall–Kier alpha value is -1.26. The minimum absolute atomic E-state index is 0.0379. The molecule has 134 valence electrons. The Bertz CT molecular complexity index is 418. The first-order valence-electron chi connectivity index (χ1n) is 8.79. The number of alkyl carbamates (subject to hydrolysis) is 1. The van der Waals surface area contributed by atoms with Crippen LogP contribution in [0.1, 0.15) is 80.1 Å². The van der Waals surface area contributed by atoms with Gasteiger partial charge in [0.2, 0.25) is 5.91 Å². The number of nitrogens with one attached hydrogen (secondary N) is 2. The topological polar surface area (TPSA) is 67.4 Å². The molecule has 1 rings (SSSR count). The van der Waals surface area contributed by atoms with Crippen molar-refractivity contribution in [2.75, 3.05) is 6.54 Å². The molecular formula is C18H34N2O3. The number of carbonyl (C=O) groups excluding carboxylic acids is 2. The van der Waals surface area contributed by atoms with E-state index in [1.54, 1.807) is 0 Å². The Morgan fingerprint density at radius 1 is 1.04 bits per heavy atom. The van der Waals surface area contributed by atoms with Crippen molar-refractivity contribution >= 4 is 12.0 Å². The molecule has 2 amide bonds. The van der Waals surface area contributed by atoms with Crippen LogP contribution >= 0.6 is 0 Å². The number of ether oxygens (including phenoxy) is 1. The van der Waals surface area contributed by atoms with Gasteiger partial charge in [-0.2, -0.15) is 0 Å². The van der Waals surface area contributed by atoms with E-state index in [2.05, 4.69) is 10.6 Å². The number of hydrogen-bond acceptors (Lipinski definition) is 3. The lowest BCUT2D eigenvalue weighted by Gasteiger charge is -2.39. The maximum absolute atomic E-state index is 12.3. The van der Waals surface area contributed by atoms with Gasteiger partial charge in [-0.05, 0) is 40.0 Å². The van der Waals surface area contributed by atoms with Gasteiger partial charge in [0, 0.05) is 12.0 Å². The number of carbonyl (C=O) groups is 2. The van der Waals surface area contributed by atoms with Gasteiger partial charge in [-0.3, -0.25) is 4.79 Å². The van der Waals surface area contributed by atoms with Gasteiger partial charge >= 0.3 is 6.09 Å². The average molecular weight is 326 g/mol. The highest BCUT2D eigenvalue weighted by Crippen LogP contribution is 2.29. The fourth-order valence-electron chi connectivity index (χ4n) is 2.74. The summed E-state index contributed by atoms with van der Waals surface area (Å²) in [4.78, 5) is 24.5. The third-order valence-corrected chi connectivity index (χ3v) is 4.66. The van der Waals surface area contributed by atoms with Crippen LogP contribution in [0.2, 0.25) is 0 Å². The molecule has 0 radical (unpaired) electrons. The van der Waals surface area contributed by atoms with Crippen LogP contribution in [0.25, 0.3) is 0 Å². The van der Waals surface area contributed by atoms with Crippen LogP contribution in [0.4, 0.5) is 4.79 Å². The van der Waals surface area contributed by atoms with Crippen molar-refractivity contribution in [2.45, 2.75) is 91.2 Å². The van der Waals surface area contributed by atoms with Gasteiger partial charge in [0.05, 0.1) is 5.54 Å². The second-order valence-corrected chi connectivity index (χ2v) is 8.39. The lowest BCUT2D eigenvalue weighted by Crippen LogP contribution is -2.58. The van der Waals surface area contributed by atoms with Crippen molar-refractivity contribution in [3.8, 4) is 0 Å². The molecule has 1 aliphatic carbocycles. The highest BCUT2D eigenvalue weighted by molar-refractivity contribution is 5.81. The average Bonchev–Trinajstić information content (AvgIpc) is 2.43. The van der Waals surface area contributed by atoms with Gasteiger partial charge in [0.1, 0.15) is 5.60 Å². The first-order valence-corrected chi connectivity index (χ1v) is 8.79. The van der Waals surface area contributed by atoms with E-state index in [1.807, 2.05) is 41.5 Å². The predicted molar refractivity (Wildman–Crippen MR) is 92.3 cm³/mol. The molecule has 0 aromatic heterocycles. The molecule has 23 heavy (non-hydrogen) atoms. The van der Waals surface area contributed by atoms with Crippen molar-refractivity contribution in [3.05, 3.63) is 0 Å².